The second kappa shape index (κ2) is 10.8. The average molecular weight is 459 g/mol. The molecule has 0 radical (unpaired) electrons. The summed E-state index contributed by atoms with van der Waals surface area (Å²) in [5.74, 6) is 1.43. The Balaban J connectivity index is 0.00000312. The molecule has 0 saturated heterocycles. The number of nitrogens with one attached hydrogen (secondary N) is 1. The van der Waals surface area contributed by atoms with Crippen LogP contribution in [0.3, 0.4) is 0 Å². The summed E-state index contributed by atoms with van der Waals surface area (Å²) in [6, 6.07) is 12.3. The zero-order valence-corrected chi connectivity index (χ0v) is 16.6. The van der Waals surface area contributed by atoms with Gasteiger partial charge in [-0.3, -0.25) is 0 Å². The van der Waals surface area contributed by atoms with Crippen molar-refractivity contribution in [3.63, 3.8) is 0 Å². The zero-order valence-electron chi connectivity index (χ0n) is 14.3. The van der Waals surface area contributed by atoms with Crippen LogP contribution in [0.4, 0.5) is 4.39 Å². The summed E-state index contributed by atoms with van der Waals surface area (Å²) in [6.45, 7) is 0.932. The Bertz CT molecular complexity index is 710. The minimum absolute atomic E-state index is 0. The molecular formula is C18H23FIN3O2. The number of hydrogen-bond donors (Lipinski definition) is 2. The van der Waals surface area contributed by atoms with Crippen molar-refractivity contribution in [2.45, 2.75) is 13.0 Å². The molecule has 5 nitrogen and oxygen atoms in total. The SMILES string of the molecule is COc1ccc(CN=C(N)NCCc2ccccc2F)cc1OC.I. The molecule has 0 unspecified atom stereocenters. The molecule has 0 amide bonds. The van der Waals surface area contributed by atoms with Crippen LogP contribution in [-0.4, -0.2) is 26.7 Å². The Morgan fingerprint density at radius 1 is 1.12 bits per heavy atom. The van der Waals surface area contributed by atoms with Crippen LogP contribution < -0.4 is 20.5 Å². The lowest BCUT2D eigenvalue weighted by Crippen LogP contribution is -2.33. The van der Waals surface area contributed by atoms with Crippen LogP contribution >= 0.6 is 24.0 Å². The Labute approximate surface area is 164 Å². The van der Waals surface area contributed by atoms with Crippen LogP contribution in [0.5, 0.6) is 11.5 Å². The number of ether oxygens (including phenoxy) is 2. The number of nitrogens with zero attached hydrogens (tertiary/aromatic N) is 1. The van der Waals surface area contributed by atoms with Gasteiger partial charge in [-0.05, 0) is 35.7 Å². The Kier molecular flexibility index (Phi) is 9.04. The summed E-state index contributed by atoms with van der Waals surface area (Å²) < 4.78 is 24.0. The second-order valence-corrected chi connectivity index (χ2v) is 5.16. The van der Waals surface area contributed by atoms with Gasteiger partial charge in [0, 0.05) is 6.54 Å². The number of aliphatic imine (C=N–C) groups is 1. The molecule has 0 saturated carbocycles. The maximum Gasteiger partial charge on any atom is 0.188 e. The maximum absolute atomic E-state index is 13.5. The van der Waals surface area contributed by atoms with Crippen molar-refractivity contribution in [3.8, 4) is 11.5 Å². The average Bonchev–Trinajstić information content (AvgIpc) is 2.61. The lowest BCUT2D eigenvalue weighted by atomic mass is 10.1. The Morgan fingerprint density at radius 2 is 1.84 bits per heavy atom. The van der Waals surface area contributed by atoms with Crippen molar-refractivity contribution in [2.75, 3.05) is 20.8 Å². The van der Waals surface area contributed by atoms with Crippen molar-refractivity contribution in [1.29, 1.82) is 0 Å². The van der Waals surface area contributed by atoms with Crippen molar-refractivity contribution >= 4 is 29.9 Å². The normalized spacial score (nSPS) is 10.8. The van der Waals surface area contributed by atoms with Crippen LogP contribution in [0.1, 0.15) is 11.1 Å². The first-order valence-corrected chi connectivity index (χ1v) is 7.62. The third-order valence-electron chi connectivity index (χ3n) is 3.54. The number of nitrogens with two attached hydrogens (primary N) is 1. The molecule has 0 fully saturated rings. The quantitative estimate of drug-likeness (QED) is 0.380. The van der Waals surface area contributed by atoms with Gasteiger partial charge in [0.2, 0.25) is 0 Å². The third-order valence-corrected chi connectivity index (χ3v) is 3.54. The molecule has 0 aliphatic carbocycles. The van der Waals surface area contributed by atoms with Gasteiger partial charge in [-0.15, -0.1) is 24.0 Å². The fourth-order valence-corrected chi connectivity index (χ4v) is 2.24. The van der Waals surface area contributed by atoms with Gasteiger partial charge in [-0.1, -0.05) is 24.3 Å². The summed E-state index contributed by atoms with van der Waals surface area (Å²) in [5.41, 5.74) is 7.44. The summed E-state index contributed by atoms with van der Waals surface area (Å²) in [6.07, 6.45) is 0.541. The van der Waals surface area contributed by atoms with Crippen molar-refractivity contribution < 1.29 is 13.9 Å². The van der Waals surface area contributed by atoms with E-state index in [1.165, 1.54) is 6.07 Å². The fourth-order valence-electron chi connectivity index (χ4n) is 2.24. The molecule has 0 aliphatic rings. The van der Waals surface area contributed by atoms with Crippen molar-refractivity contribution in [1.82, 2.24) is 5.32 Å². The van der Waals surface area contributed by atoms with E-state index < -0.39 is 0 Å². The van der Waals surface area contributed by atoms with Crippen molar-refractivity contribution in [3.05, 3.63) is 59.4 Å². The van der Waals surface area contributed by atoms with E-state index in [4.69, 9.17) is 15.2 Å². The number of hydrogen-bond acceptors (Lipinski definition) is 3. The molecule has 2 aromatic rings. The number of rotatable bonds is 7. The van der Waals surface area contributed by atoms with Gasteiger partial charge in [0.05, 0.1) is 20.8 Å². The van der Waals surface area contributed by atoms with E-state index >= 15 is 0 Å². The van der Waals surface area contributed by atoms with Crippen LogP contribution in [0.15, 0.2) is 47.5 Å². The fraction of sp³-hybridized carbons (Fsp3) is 0.278. The van der Waals surface area contributed by atoms with Gasteiger partial charge >= 0.3 is 0 Å². The number of methoxy groups -OCH3 is 2. The Hall–Kier alpha value is -2.03. The maximum atomic E-state index is 13.5. The molecule has 3 N–H and O–H groups in total. The number of benzene rings is 2. The standard InChI is InChI=1S/C18H22FN3O2.HI/c1-23-16-8-7-13(11-17(16)24-2)12-22-18(20)21-10-9-14-5-3-4-6-15(14)19;/h3-8,11H,9-10,12H2,1-2H3,(H3,20,21,22);1H. The molecule has 0 aliphatic heterocycles. The number of guanidine groups is 1. The van der Waals surface area contributed by atoms with E-state index in [9.17, 15) is 4.39 Å². The van der Waals surface area contributed by atoms with Crippen LogP contribution in [0, 0.1) is 5.82 Å². The van der Waals surface area contributed by atoms with Crippen LogP contribution in [0.2, 0.25) is 0 Å². The first-order chi connectivity index (χ1) is 11.6. The summed E-state index contributed by atoms with van der Waals surface area (Å²) in [7, 11) is 3.18. The molecule has 7 heteroatoms. The summed E-state index contributed by atoms with van der Waals surface area (Å²) >= 11 is 0. The highest BCUT2D eigenvalue weighted by Gasteiger charge is 2.04. The first-order valence-electron chi connectivity index (χ1n) is 7.62. The summed E-state index contributed by atoms with van der Waals surface area (Å²) in [5, 5.41) is 2.98. The molecule has 25 heavy (non-hydrogen) atoms. The van der Waals surface area contributed by atoms with Gasteiger partial charge in [0.1, 0.15) is 5.82 Å². The molecule has 2 rings (SSSR count). The molecular weight excluding hydrogens is 436 g/mol. The molecule has 0 heterocycles. The predicted molar refractivity (Wildman–Crippen MR) is 108 cm³/mol. The van der Waals surface area contributed by atoms with Gasteiger partial charge in [-0.25, -0.2) is 9.38 Å². The van der Waals surface area contributed by atoms with Crippen LogP contribution in [0.25, 0.3) is 0 Å². The predicted octanol–water partition coefficient (Wildman–Crippen LogP) is 3.11. The molecule has 0 atom stereocenters. The molecule has 136 valence electrons. The minimum Gasteiger partial charge on any atom is -0.493 e. The highest BCUT2D eigenvalue weighted by atomic mass is 127. The smallest absolute Gasteiger partial charge is 0.188 e. The lowest BCUT2D eigenvalue weighted by molar-refractivity contribution is 0.354. The molecule has 0 spiro atoms. The van der Waals surface area contributed by atoms with Gasteiger partial charge in [0.15, 0.2) is 17.5 Å². The minimum atomic E-state index is -0.208. The molecule has 0 aromatic heterocycles. The lowest BCUT2D eigenvalue weighted by Gasteiger charge is -2.09. The second-order valence-electron chi connectivity index (χ2n) is 5.16. The van der Waals surface area contributed by atoms with Gasteiger partial charge in [0.25, 0.3) is 0 Å². The van der Waals surface area contributed by atoms with Gasteiger partial charge < -0.3 is 20.5 Å². The van der Waals surface area contributed by atoms with Crippen LogP contribution in [-0.2, 0) is 13.0 Å². The molecule has 0 bridgehead atoms. The first kappa shape index (κ1) is 21.0. The topological polar surface area (TPSA) is 68.9 Å². The van der Waals surface area contributed by atoms with E-state index in [0.29, 0.717) is 42.5 Å². The van der Waals surface area contributed by atoms with E-state index in [1.807, 2.05) is 24.3 Å². The largest absolute Gasteiger partial charge is 0.493 e. The monoisotopic (exact) mass is 459 g/mol. The van der Waals surface area contributed by atoms with E-state index in [-0.39, 0.29) is 29.8 Å². The van der Waals surface area contributed by atoms with E-state index in [2.05, 4.69) is 10.3 Å². The summed E-state index contributed by atoms with van der Waals surface area (Å²) in [4.78, 5) is 4.27. The van der Waals surface area contributed by atoms with Crippen molar-refractivity contribution in [2.24, 2.45) is 10.7 Å². The van der Waals surface area contributed by atoms with Gasteiger partial charge in [-0.2, -0.15) is 0 Å². The van der Waals surface area contributed by atoms with E-state index in [0.717, 1.165) is 5.56 Å². The molecule has 2 aromatic carbocycles. The van der Waals surface area contributed by atoms with E-state index in [1.54, 1.807) is 26.4 Å². The zero-order chi connectivity index (χ0) is 17.4. The third kappa shape index (κ3) is 6.41. The number of halogens is 2. The highest BCUT2D eigenvalue weighted by Crippen LogP contribution is 2.27. The highest BCUT2D eigenvalue weighted by molar-refractivity contribution is 14.0. The Morgan fingerprint density at radius 3 is 2.52 bits per heavy atom.